The standard InChI is InChI=1S/C25H33N3O4/c1-32-19-10-11-20-21(15-26-22(20)14-19)24(30)25(31)28(16-18-8-4-2-5-9-18)17-23(29)27-12-6-3-7-13-27/h10-11,14-15,18,26H,2-9,12-13,16-17H2,1H3. The molecule has 2 aliphatic rings. The van der Waals surface area contributed by atoms with Crippen LogP contribution in [0.25, 0.3) is 10.9 Å². The number of fused-ring (bicyclic) bond motifs is 1. The number of hydrogen-bond acceptors (Lipinski definition) is 4. The third kappa shape index (κ3) is 4.97. The van der Waals surface area contributed by atoms with Crippen molar-refractivity contribution in [2.75, 3.05) is 33.3 Å². The molecule has 1 N–H and O–H groups in total. The molecule has 2 aromatic rings. The first-order valence-electron chi connectivity index (χ1n) is 11.8. The molecular formula is C25H33N3O4. The van der Waals surface area contributed by atoms with Crippen molar-refractivity contribution >= 4 is 28.5 Å². The number of Topliss-reactive ketones (excluding diaryl/α,β-unsaturated/α-hetero) is 1. The van der Waals surface area contributed by atoms with E-state index in [2.05, 4.69) is 4.98 Å². The maximum absolute atomic E-state index is 13.4. The van der Waals surface area contributed by atoms with E-state index in [1.807, 2.05) is 4.90 Å². The Morgan fingerprint density at radius 2 is 1.78 bits per heavy atom. The van der Waals surface area contributed by atoms with Crippen molar-refractivity contribution in [2.24, 2.45) is 5.92 Å². The van der Waals surface area contributed by atoms with Crippen LogP contribution in [0.1, 0.15) is 61.7 Å². The summed E-state index contributed by atoms with van der Waals surface area (Å²) in [5.41, 5.74) is 1.08. The van der Waals surface area contributed by atoms with E-state index in [1.165, 1.54) is 11.3 Å². The number of piperidine rings is 1. The first-order valence-corrected chi connectivity index (χ1v) is 11.8. The summed E-state index contributed by atoms with van der Waals surface area (Å²) < 4.78 is 5.24. The SMILES string of the molecule is COc1ccc2c(C(=O)C(=O)N(CC(=O)N3CCCCC3)CC3CCCCC3)c[nH]c2c1. The normalized spacial score (nSPS) is 17.3. The summed E-state index contributed by atoms with van der Waals surface area (Å²) in [5, 5.41) is 0.684. The number of nitrogens with one attached hydrogen (secondary N) is 1. The van der Waals surface area contributed by atoms with Crippen molar-refractivity contribution in [2.45, 2.75) is 51.4 Å². The first kappa shape index (κ1) is 22.4. The van der Waals surface area contributed by atoms with Gasteiger partial charge in [-0.15, -0.1) is 0 Å². The van der Waals surface area contributed by atoms with Gasteiger partial charge in [-0.2, -0.15) is 0 Å². The van der Waals surface area contributed by atoms with Crippen molar-refractivity contribution in [3.63, 3.8) is 0 Å². The van der Waals surface area contributed by atoms with Crippen molar-refractivity contribution in [1.29, 1.82) is 0 Å². The molecular weight excluding hydrogens is 406 g/mol. The van der Waals surface area contributed by atoms with E-state index in [9.17, 15) is 14.4 Å². The lowest BCUT2D eigenvalue weighted by Gasteiger charge is -2.32. The van der Waals surface area contributed by atoms with Crippen LogP contribution in [0, 0.1) is 5.92 Å². The van der Waals surface area contributed by atoms with Crippen molar-refractivity contribution in [3.05, 3.63) is 30.0 Å². The number of H-pyrrole nitrogens is 1. The second kappa shape index (κ2) is 10.2. The monoisotopic (exact) mass is 439 g/mol. The summed E-state index contributed by atoms with van der Waals surface area (Å²) in [4.78, 5) is 46.0. The Kier molecular flexibility index (Phi) is 7.12. The largest absolute Gasteiger partial charge is 0.497 e. The molecule has 1 saturated heterocycles. The zero-order valence-electron chi connectivity index (χ0n) is 18.9. The van der Waals surface area contributed by atoms with Crippen LogP contribution in [0.4, 0.5) is 0 Å². The minimum atomic E-state index is -0.586. The molecule has 1 aliphatic carbocycles. The molecule has 1 aromatic heterocycles. The molecule has 172 valence electrons. The zero-order valence-corrected chi connectivity index (χ0v) is 18.9. The fourth-order valence-corrected chi connectivity index (χ4v) is 4.99. The Balaban J connectivity index is 1.54. The average Bonchev–Trinajstić information content (AvgIpc) is 3.27. The summed E-state index contributed by atoms with van der Waals surface area (Å²) in [6.45, 7) is 1.93. The Hall–Kier alpha value is -2.83. The smallest absolute Gasteiger partial charge is 0.295 e. The summed E-state index contributed by atoms with van der Waals surface area (Å²) in [7, 11) is 1.59. The summed E-state index contributed by atoms with van der Waals surface area (Å²) in [6.07, 6.45) is 10.3. The number of methoxy groups -OCH3 is 1. The molecule has 4 rings (SSSR count). The zero-order chi connectivity index (χ0) is 22.5. The molecule has 1 aromatic carbocycles. The number of aromatic amines is 1. The highest BCUT2D eigenvalue weighted by Crippen LogP contribution is 2.26. The first-order chi connectivity index (χ1) is 15.6. The van der Waals surface area contributed by atoms with E-state index in [1.54, 1.807) is 31.5 Å². The van der Waals surface area contributed by atoms with Gasteiger partial charge in [0.1, 0.15) is 12.3 Å². The van der Waals surface area contributed by atoms with Crippen LogP contribution in [0.15, 0.2) is 24.4 Å². The average molecular weight is 440 g/mol. The van der Waals surface area contributed by atoms with Gasteiger partial charge in [0.05, 0.1) is 12.7 Å². The summed E-state index contributed by atoms with van der Waals surface area (Å²) in [6, 6.07) is 5.36. The molecule has 7 heteroatoms. The molecule has 7 nitrogen and oxygen atoms in total. The van der Waals surface area contributed by atoms with Crippen LogP contribution in [0.2, 0.25) is 0 Å². The van der Waals surface area contributed by atoms with Gasteiger partial charge in [-0.1, -0.05) is 19.3 Å². The topological polar surface area (TPSA) is 82.7 Å². The van der Waals surface area contributed by atoms with Crippen LogP contribution in [0.3, 0.4) is 0 Å². The number of ether oxygens (including phenoxy) is 1. The second-order valence-corrected chi connectivity index (χ2v) is 9.07. The molecule has 2 amide bonds. The number of hydrogen-bond donors (Lipinski definition) is 1. The number of nitrogens with zero attached hydrogens (tertiary/aromatic N) is 2. The van der Waals surface area contributed by atoms with Gasteiger partial charge in [0.2, 0.25) is 5.91 Å². The van der Waals surface area contributed by atoms with Gasteiger partial charge in [0, 0.05) is 42.8 Å². The number of rotatable bonds is 7. The van der Waals surface area contributed by atoms with E-state index in [4.69, 9.17) is 4.74 Å². The maximum atomic E-state index is 13.4. The van der Waals surface area contributed by atoms with E-state index < -0.39 is 11.7 Å². The third-order valence-electron chi connectivity index (χ3n) is 6.85. The van der Waals surface area contributed by atoms with Crippen molar-refractivity contribution < 1.29 is 19.1 Å². The minimum Gasteiger partial charge on any atom is -0.497 e. The lowest BCUT2D eigenvalue weighted by Crippen LogP contribution is -2.48. The lowest BCUT2D eigenvalue weighted by molar-refractivity contribution is -0.139. The molecule has 0 unspecified atom stereocenters. The molecule has 2 heterocycles. The summed E-state index contributed by atoms with van der Waals surface area (Å²) >= 11 is 0. The molecule has 0 spiro atoms. The van der Waals surface area contributed by atoms with Crippen molar-refractivity contribution in [1.82, 2.24) is 14.8 Å². The van der Waals surface area contributed by atoms with E-state index in [0.717, 1.165) is 63.6 Å². The summed E-state index contributed by atoms with van der Waals surface area (Å²) in [5.74, 6) is -0.177. The molecule has 0 atom stereocenters. The van der Waals surface area contributed by atoms with Crippen LogP contribution in [-0.4, -0.2) is 65.7 Å². The van der Waals surface area contributed by atoms with Crippen LogP contribution in [0.5, 0.6) is 5.75 Å². The maximum Gasteiger partial charge on any atom is 0.295 e. The number of ketones is 1. The number of benzene rings is 1. The molecule has 0 radical (unpaired) electrons. The van der Waals surface area contributed by atoms with E-state index in [-0.39, 0.29) is 12.5 Å². The van der Waals surface area contributed by atoms with E-state index >= 15 is 0 Å². The number of aromatic nitrogens is 1. The van der Waals surface area contributed by atoms with Gasteiger partial charge in [0.15, 0.2) is 0 Å². The Morgan fingerprint density at radius 3 is 2.50 bits per heavy atom. The molecule has 2 fully saturated rings. The molecule has 1 aliphatic heterocycles. The van der Waals surface area contributed by atoms with Crippen LogP contribution in [-0.2, 0) is 9.59 Å². The van der Waals surface area contributed by atoms with Gasteiger partial charge in [-0.05, 0) is 50.2 Å². The Bertz CT molecular complexity index is 971. The third-order valence-corrected chi connectivity index (χ3v) is 6.85. The fraction of sp³-hybridized carbons (Fsp3) is 0.560. The van der Waals surface area contributed by atoms with Gasteiger partial charge >= 0.3 is 0 Å². The van der Waals surface area contributed by atoms with Gasteiger partial charge < -0.3 is 19.5 Å². The predicted molar refractivity (Wildman–Crippen MR) is 123 cm³/mol. The molecule has 1 saturated carbocycles. The Labute approximate surface area is 189 Å². The van der Waals surface area contributed by atoms with Gasteiger partial charge in [0.25, 0.3) is 11.7 Å². The number of likely N-dealkylation sites (tertiary alicyclic amines) is 1. The van der Waals surface area contributed by atoms with Crippen LogP contribution >= 0.6 is 0 Å². The highest BCUT2D eigenvalue weighted by Gasteiger charge is 2.31. The van der Waals surface area contributed by atoms with E-state index in [0.29, 0.717) is 29.2 Å². The highest BCUT2D eigenvalue weighted by atomic mass is 16.5. The number of amides is 2. The predicted octanol–water partition coefficient (Wildman–Crippen LogP) is 3.78. The van der Waals surface area contributed by atoms with Gasteiger partial charge in [-0.25, -0.2) is 0 Å². The molecule has 32 heavy (non-hydrogen) atoms. The highest BCUT2D eigenvalue weighted by molar-refractivity contribution is 6.45. The number of carbonyl (C=O) groups excluding carboxylic acids is 3. The van der Waals surface area contributed by atoms with Gasteiger partial charge in [-0.3, -0.25) is 14.4 Å². The quantitative estimate of drug-likeness (QED) is 0.526. The number of carbonyl (C=O) groups is 3. The Morgan fingerprint density at radius 1 is 1.06 bits per heavy atom. The lowest BCUT2D eigenvalue weighted by atomic mass is 9.89. The van der Waals surface area contributed by atoms with Crippen molar-refractivity contribution in [3.8, 4) is 5.75 Å². The fourth-order valence-electron chi connectivity index (χ4n) is 4.99. The minimum absolute atomic E-state index is 0.0166. The second-order valence-electron chi connectivity index (χ2n) is 9.07. The van der Waals surface area contributed by atoms with Crippen LogP contribution < -0.4 is 4.74 Å². The molecule has 0 bridgehead atoms.